The highest BCUT2D eigenvalue weighted by Crippen LogP contribution is 2.24. The van der Waals surface area contributed by atoms with Crippen LogP contribution in [0.25, 0.3) is 0 Å². The van der Waals surface area contributed by atoms with E-state index < -0.39 is 0 Å². The standard InChI is InChI=1S/C10H13N3O/c11-2-1-7-3-9-8(10(14)4-7)5-12-6-13-9/h5-7H,1-4,11H2. The topological polar surface area (TPSA) is 68.9 Å². The van der Waals surface area contributed by atoms with Gasteiger partial charge < -0.3 is 5.73 Å². The Morgan fingerprint density at radius 1 is 1.50 bits per heavy atom. The number of fused-ring (bicyclic) bond motifs is 1. The van der Waals surface area contributed by atoms with Crippen molar-refractivity contribution in [2.75, 3.05) is 6.54 Å². The smallest absolute Gasteiger partial charge is 0.166 e. The van der Waals surface area contributed by atoms with Crippen molar-refractivity contribution in [3.8, 4) is 0 Å². The molecule has 0 fully saturated rings. The van der Waals surface area contributed by atoms with Gasteiger partial charge in [-0.15, -0.1) is 0 Å². The highest BCUT2D eigenvalue weighted by molar-refractivity contribution is 5.97. The number of hydrogen-bond acceptors (Lipinski definition) is 4. The van der Waals surface area contributed by atoms with Crippen molar-refractivity contribution in [1.82, 2.24) is 9.97 Å². The molecule has 0 amide bonds. The van der Waals surface area contributed by atoms with Gasteiger partial charge in [-0.1, -0.05) is 0 Å². The van der Waals surface area contributed by atoms with E-state index >= 15 is 0 Å². The Hall–Kier alpha value is -1.29. The van der Waals surface area contributed by atoms with E-state index in [0.717, 1.165) is 18.5 Å². The number of aromatic nitrogens is 2. The number of nitrogens with zero attached hydrogens (tertiary/aromatic N) is 2. The molecule has 4 nitrogen and oxygen atoms in total. The van der Waals surface area contributed by atoms with Gasteiger partial charge in [-0.25, -0.2) is 9.97 Å². The van der Waals surface area contributed by atoms with Crippen LogP contribution < -0.4 is 5.73 Å². The summed E-state index contributed by atoms with van der Waals surface area (Å²) in [5.74, 6) is 0.528. The van der Waals surface area contributed by atoms with Gasteiger partial charge in [-0.3, -0.25) is 4.79 Å². The summed E-state index contributed by atoms with van der Waals surface area (Å²) >= 11 is 0. The molecule has 2 rings (SSSR count). The Balaban J connectivity index is 2.24. The van der Waals surface area contributed by atoms with Gasteiger partial charge in [0.15, 0.2) is 5.78 Å². The van der Waals surface area contributed by atoms with Crippen LogP contribution in [-0.2, 0) is 6.42 Å². The Bertz CT molecular complexity index is 351. The molecule has 0 saturated heterocycles. The molecule has 2 N–H and O–H groups in total. The van der Waals surface area contributed by atoms with Crippen LogP contribution in [0.4, 0.5) is 0 Å². The van der Waals surface area contributed by atoms with Crippen molar-refractivity contribution in [3.63, 3.8) is 0 Å². The second-order valence-corrected chi connectivity index (χ2v) is 3.66. The van der Waals surface area contributed by atoms with Gasteiger partial charge in [0.1, 0.15) is 6.33 Å². The normalized spacial score (nSPS) is 20.6. The summed E-state index contributed by atoms with van der Waals surface area (Å²) in [6, 6.07) is 0. The van der Waals surface area contributed by atoms with Gasteiger partial charge in [-0.05, 0) is 25.3 Å². The Kier molecular flexibility index (Phi) is 2.54. The molecule has 0 radical (unpaired) electrons. The fraction of sp³-hybridized carbons (Fsp3) is 0.500. The first-order chi connectivity index (χ1) is 6.81. The molecule has 1 heterocycles. The van der Waals surface area contributed by atoms with Crippen molar-refractivity contribution in [2.45, 2.75) is 19.3 Å². The summed E-state index contributed by atoms with van der Waals surface area (Å²) in [6.45, 7) is 0.637. The molecule has 4 heteroatoms. The number of hydrogen-bond donors (Lipinski definition) is 1. The van der Waals surface area contributed by atoms with Crippen molar-refractivity contribution >= 4 is 5.78 Å². The molecule has 1 aliphatic rings. The van der Waals surface area contributed by atoms with E-state index in [2.05, 4.69) is 9.97 Å². The largest absolute Gasteiger partial charge is 0.330 e. The van der Waals surface area contributed by atoms with Gasteiger partial charge in [0.05, 0.1) is 11.3 Å². The van der Waals surface area contributed by atoms with Crippen LogP contribution in [-0.4, -0.2) is 22.3 Å². The first-order valence-electron chi connectivity index (χ1n) is 4.83. The third-order valence-corrected chi connectivity index (χ3v) is 2.63. The number of rotatable bonds is 2. The van der Waals surface area contributed by atoms with E-state index in [1.807, 2.05) is 0 Å². The van der Waals surface area contributed by atoms with Crippen LogP contribution in [0, 0.1) is 5.92 Å². The minimum absolute atomic E-state index is 0.158. The molecule has 74 valence electrons. The molecular formula is C10H13N3O. The van der Waals surface area contributed by atoms with Crippen LogP contribution in [0.1, 0.15) is 28.9 Å². The van der Waals surface area contributed by atoms with E-state index in [0.29, 0.717) is 24.4 Å². The van der Waals surface area contributed by atoms with Crippen molar-refractivity contribution in [3.05, 3.63) is 23.8 Å². The van der Waals surface area contributed by atoms with Crippen molar-refractivity contribution in [2.24, 2.45) is 11.7 Å². The van der Waals surface area contributed by atoms with E-state index in [1.165, 1.54) is 6.33 Å². The summed E-state index contributed by atoms with van der Waals surface area (Å²) in [5, 5.41) is 0. The number of Topliss-reactive ketones (excluding diaryl/α,β-unsaturated/α-hetero) is 1. The summed E-state index contributed by atoms with van der Waals surface area (Å²) in [6.07, 6.45) is 5.47. The van der Waals surface area contributed by atoms with E-state index in [9.17, 15) is 4.79 Å². The van der Waals surface area contributed by atoms with Gasteiger partial charge in [0, 0.05) is 12.6 Å². The first-order valence-corrected chi connectivity index (χ1v) is 4.83. The van der Waals surface area contributed by atoms with Gasteiger partial charge in [0.2, 0.25) is 0 Å². The summed E-state index contributed by atoms with van der Waals surface area (Å²) in [4.78, 5) is 19.6. The van der Waals surface area contributed by atoms with E-state index in [1.54, 1.807) is 6.20 Å². The molecule has 1 aromatic rings. The van der Waals surface area contributed by atoms with Crippen LogP contribution in [0.15, 0.2) is 12.5 Å². The van der Waals surface area contributed by atoms with Crippen LogP contribution in [0.2, 0.25) is 0 Å². The van der Waals surface area contributed by atoms with Crippen molar-refractivity contribution < 1.29 is 4.79 Å². The molecule has 0 aromatic carbocycles. The first kappa shape index (κ1) is 9.27. The highest BCUT2D eigenvalue weighted by atomic mass is 16.1. The molecule has 1 atom stereocenters. The Labute approximate surface area is 82.6 Å². The number of nitrogens with two attached hydrogens (primary N) is 1. The third-order valence-electron chi connectivity index (χ3n) is 2.63. The second-order valence-electron chi connectivity index (χ2n) is 3.66. The zero-order valence-corrected chi connectivity index (χ0v) is 7.94. The third kappa shape index (κ3) is 1.65. The summed E-state index contributed by atoms with van der Waals surface area (Å²) in [5.41, 5.74) is 7.06. The molecule has 1 unspecified atom stereocenters. The van der Waals surface area contributed by atoms with Gasteiger partial charge in [0.25, 0.3) is 0 Å². The maximum atomic E-state index is 11.6. The monoisotopic (exact) mass is 191 g/mol. The fourth-order valence-electron chi connectivity index (χ4n) is 1.91. The quantitative estimate of drug-likeness (QED) is 0.742. The number of carbonyl (C=O) groups excluding carboxylic acids is 1. The van der Waals surface area contributed by atoms with Crippen LogP contribution in [0.3, 0.4) is 0 Å². The minimum Gasteiger partial charge on any atom is -0.330 e. The number of ketones is 1. The van der Waals surface area contributed by atoms with Crippen molar-refractivity contribution in [1.29, 1.82) is 0 Å². The molecule has 1 aromatic heterocycles. The minimum atomic E-state index is 0.158. The average Bonchev–Trinajstić information content (AvgIpc) is 2.18. The lowest BCUT2D eigenvalue weighted by Crippen LogP contribution is -2.23. The maximum absolute atomic E-state index is 11.6. The summed E-state index contributed by atoms with van der Waals surface area (Å²) in [7, 11) is 0. The Morgan fingerprint density at radius 2 is 2.36 bits per heavy atom. The molecule has 1 aliphatic carbocycles. The summed E-state index contributed by atoms with van der Waals surface area (Å²) < 4.78 is 0. The van der Waals surface area contributed by atoms with E-state index in [-0.39, 0.29) is 5.78 Å². The average molecular weight is 191 g/mol. The second kappa shape index (κ2) is 3.84. The van der Waals surface area contributed by atoms with Gasteiger partial charge >= 0.3 is 0 Å². The lowest BCUT2D eigenvalue weighted by atomic mass is 9.85. The van der Waals surface area contributed by atoms with Gasteiger partial charge in [-0.2, -0.15) is 0 Å². The fourth-order valence-corrected chi connectivity index (χ4v) is 1.91. The highest BCUT2D eigenvalue weighted by Gasteiger charge is 2.25. The predicted molar refractivity (Wildman–Crippen MR) is 51.8 cm³/mol. The van der Waals surface area contributed by atoms with Crippen LogP contribution in [0.5, 0.6) is 0 Å². The SMILES string of the molecule is NCCC1CC(=O)c2cncnc2C1. The molecule has 0 saturated carbocycles. The molecule has 14 heavy (non-hydrogen) atoms. The van der Waals surface area contributed by atoms with Crippen LogP contribution >= 0.6 is 0 Å². The Morgan fingerprint density at radius 3 is 3.14 bits per heavy atom. The maximum Gasteiger partial charge on any atom is 0.166 e. The predicted octanol–water partition coefficient (Wildman–Crippen LogP) is 0.571. The molecule has 0 bridgehead atoms. The molecule has 0 spiro atoms. The molecular weight excluding hydrogens is 178 g/mol. The zero-order chi connectivity index (χ0) is 9.97. The lowest BCUT2D eigenvalue weighted by molar-refractivity contribution is 0.0945. The lowest BCUT2D eigenvalue weighted by Gasteiger charge is -2.21. The molecule has 0 aliphatic heterocycles. The zero-order valence-electron chi connectivity index (χ0n) is 7.94. The number of carbonyl (C=O) groups is 1. The van der Waals surface area contributed by atoms with E-state index in [4.69, 9.17) is 5.73 Å².